The van der Waals surface area contributed by atoms with Crippen molar-refractivity contribution in [2.45, 2.75) is 38.2 Å². The molecule has 0 amide bonds. The molecule has 106 valence electrons. The molecule has 0 N–H and O–H groups in total. The molecule has 4 aliphatic rings. The van der Waals surface area contributed by atoms with Gasteiger partial charge in [-0.3, -0.25) is 0 Å². The molecular weight excluding hydrogens is 316 g/mol. The van der Waals surface area contributed by atoms with E-state index in [4.69, 9.17) is 4.74 Å². The van der Waals surface area contributed by atoms with Crippen molar-refractivity contribution >= 4 is 21.9 Å². The van der Waals surface area contributed by atoms with Crippen LogP contribution in [-0.2, 0) is 4.74 Å². The van der Waals surface area contributed by atoms with Gasteiger partial charge in [-0.05, 0) is 83.8 Å². The van der Waals surface area contributed by atoms with Gasteiger partial charge in [-0.1, -0.05) is 12.1 Å². The molecule has 2 nitrogen and oxygen atoms in total. The summed E-state index contributed by atoms with van der Waals surface area (Å²) in [6.45, 7) is 0. The first-order valence-corrected chi connectivity index (χ1v) is 8.45. The second-order valence-corrected chi connectivity index (χ2v) is 7.63. The lowest BCUT2D eigenvalue weighted by Gasteiger charge is -2.53. The maximum Gasteiger partial charge on any atom is 0.339 e. The van der Waals surface area contributed by atoms with E-state index in [2.05, 4.69) is 15.9 Å². The summed E-state index contributed by atoms with van der Waals surface area (Å²) in [5.41, 5.74) is 0.654. The molecule has 3 heteroatoms. The Balaban J connectivity index is 1.52. The molecule has 4 saturated carbocycles. The van der Waals surface area contributed by atoms with Gasteiger partial charge < -0.3 is 4.74 Å². The molecule has 0 unspecified atom stereocenters. The fourth-order valence-electron chi connectivity index (χ4n) is 4.88. The molecule has 0 saturated heterocycles. The summed E-state index contributed by atoms with van der Waals surface area (Å²) in [7, 11) is 0. The third kappa shape index (κ3) is 2.11. The predicted molar refractivity (Wildman–Crippen MR) is 80.4 cm³/mol. The Morgan fingerprint density at radius 1 is 1.00 bits per heavy atom. The second kappa shape index (κ2) is 4.87. The van der Waals surface area contributed by atoms with Gasteiger partial charge in [0, 0.05) is 4.47 Å². The van der Waals surface area contributed by atoms with Crippen LogP contribution < -0.4 is 0 Å². The third-order valence-electron chi connectivity index (χ3n) is 5.48. The quantitative estimate of drug-likeness (QED) is 0.748. The van der Waals surface area contributed by atoms with Gasteiger partial charge in [0.15, 0.2) is 0 Å². The number of carbonyl (C=O) groups excluding carboxylic acids is 1. The zero-order valence-corrected chi connectivity index (χ0v) is 13.0. The van der Waals surface area contributed by atoms with Crippen molar-refractivity contribution in [3.8, 4) is 0 Å². The second-order valence-electron chi connectivity index (χ2n) is 6.78. The molecule has 0 spiro atoms. The minimum atomic E-state index is -0.157. The molecule has 4 aliphatic carbocycles. The molecule has 4 bridgehead atoms. The summed E-state index contributed by atoms with van der Waals surface area (Å²) < 4.78 is 6.75. The molecule has 1 aromatic carbocycles. The molecule has 0 aromatic heterocycles. The Morgan fingerprint density at radius 3 is 2.20 bits per heavy atom. The Bertz CT molecular complexity index is 512. The standard InChI is InChI=1S/C17H19BrO2/c18-15-4-2-1-3-14(15)17(19)20-16-12-6-10-5-11(8-12)9-13(16)7-10/h1-4,10-13,16H,5-9H2. The molecule has 5 rings (SSSR count). The normalized spacial score (nSPS) is 38.0. The van der Waals surface area contributed by atoms with E-state index in [9.17, 15) is 4.79 Å². The van der Waals surface area contributed by atoms with Gasteiger partial charge in [0.1, 0.15) is 6.10 Å². The predicted octanol–water partition coefficient (Wildman–Crippen LogP) is 4.43. The van der Waals surface area contributed by atoms with Crippen molar-refractivity contribution in [2.75, 3.05) is 0 Å². The Hall–Kier alpha value is -0.830. The van der Waals surface area contributed by atoms with Crippen molar-refractivity contribution in [3.63, 3.8) is 0 Å². The van der Waals surface area contributed by atoms with E-state index in [1.165, 1.54) is 32.1 Å². The van der Waals surface area contributed by atoms with E-state index >= 15 is 0 Å². The molecule has 0 heterocycles. The maximum atomic E-state index is 12.4. The lowest BCUT2D eigenvalue weighted by molar-refractivity contribution is -0.101. The van der Waals surface area contributed by atoms with Gasteiger partial charge in [-0.25, -0.2) is 4.79 Å². The third-order valence-corrected chi connectivity index (χ3v) is 6.17. The summed E-state index contributed by atoms with van der Waals surface area (Å²) in [6, 6.07) is 7.54. The van der Waals surface area contributed by atoms with Gasteiger partial charge in [0.25, 0.3) is 0 Å². The number of carbonyl (C=O) groups is 1. The first-order chi connectivity index (χ1) is 9.70. The summed E-state index contributed by atoms with van der Waals surface area (Å²) in [5, 5.41) is 0. The van der Waals surface area contributed by atoms with Crippen molar-refractivity contribution in [3.05, 3.63) is 34.3 Å². The highest BCUT2D eigenvalue weighted by atomic mass is 79.9. The number of halogens is 1. The van der Waals surface area contributed by atoms with Gasteiger partial charge in [-0.15, -0.1) is 0 Å². The van der Waals surface area contributed by atoms with Crippen LogP contribution in [-0.4, -0.2) is 12.1 Å². The van der Waals surface area contributed by atoms with Crippen molar-refractivity contribution in [2.24, 2.45) is 23.7 Å². The number of hydrogen-bond donors (Lipinski definition) is 0. The highest BCUT2D eigenvalue weighted by Gasteiger charge is 2.49. The van der Waals surface area contributed by atoms with Crippen LogP contribution in [0, 0.1) is 23.7 Å². The smallest absolute Gasteiger partial charge is 0.339 e. The molecule has 1 aromatic rings. The Morgan fingerprint density at radius 2 is 1.60 bits per heavy atom. The number of benzene rings is 1. The zero-order chi connectivity index (χ0) is 13.7. The highest BCUT2D eigenvalue weighted by Crippen LogP contribution is 2.54. The van der Waals surface area contributed by atoms with Crippen LogP contribution in [0.15, 0.2) is 28.7 Å². The lowest BCUT2D eigenvalue weighted by Crippen LogP contribution is -2.50. The average Bonchev–Trinajstić information content (AvgIpc) is 2.42. The minimum absolute atomic E-state index is 0.157. The first kappa shape index (κ1) is 12.9. The maximum absolute atomic E-state index is 12.4. The van der Waals surface area contributed by atoms with Gasteiger partial charge in [0.2, 0.25) is 0 Å². The molecule has 0 aliphatic heterocycles. The number of rotatable bonds is 2. The van der Waals surface area contributed by atoms with Crippen LogP contribution >= 0.6 is 15.9 Å². The molecule has 4 fully saturated rings. The highest BCUT2D eigenvalue weighted by molar-refractivity contribution is 9.10. The summed E-state index contributed by atoms with van der Waals surface area (Å²) >= 11 is 3.44. The van der Waals surface area contributed by atoms with E-state index in [0.29, 0.717) is 17.4 Å². The van der Waals surface area contributed by atoms with Crippen LogP contribution in [0.1, 0.15) is 42.5 Å². The molecule has 20 heavy (non-hydrogen) atoms. The SMILES string of the molecule is O=C(OC1C2CC3CC(C2)CC1C3)c1ccccc1Br. The van der Waals surface area contributed by atoms with E-state index in [1.807, 2.05) is 24.3 Å². The van der Waals surface area contributed by atoms with E-state index in [-0.39, 0.29) is 12.1 Å². The number of ether oxygens (including phenoxy) is 1. The fraction of sp³-hybridized carbons (Fsp3) is 0.588. The molecular formula is C17H19BrO2. The first-order valence-electron chi connectivity index (χ1n) is 7.66. The van der Waals surface area contributed by atoms with Crippen molar-refractivity contribution in [1.82, 2.24) is 0 Å². The monoisotopic (exact) mass is 334 g/mol. The van der Waals surface area contributed by atoms with Gasteiger partial charge >= 0.3 is 5.97 Å². The summed E-state index contributed by atoms with van der Waals surface area (Å²) in [5.74, 6) is 2.91. The van der Waals surface area contributed by atoms with E-state index in [0.717, 1.165) is 16.3 Å². The van der Waals surface area contributed by atoms with Crippen LogP contribution in [0.2, 0.25) is 0 Å². The number of esters is 1. The topological polar surface area (TPSA) is 26.3 Å². The van der Waals surface area contributed by atoms with Crippen LogP contribution in [0.5, 0.6) is 0 Å². The largest absolute Gasteiger partial charge is 0.458 e. The number of hydrogen-bond acceptors (Lipinski definition) is 2. The summed E-state index contributed by atoms with van der Waals surface area (Å²) in [6.07, 6.45) is 6.71. The molecule has 0 atom stereocenters. The van der Waals surface area contributed by atoms with Crippen LogP contribution in [0.25, 0.3) is 0 Å². The average molecular weight is 335 g/mol. The van der Waals surface area contributed by atoms with Crippen molar-refractivity contribution in [1.29, 1.82) is 0 Å². The Kier molecular flexibility index (Phi) is 3.13. The minimum Gasteiger partial charge on any atom is -0.458 e. The van der Waals surface area contributed by atoms with Gasteiger partial charge in [-0.2, -0.15) is 0 Å². The van der Waals surface area contributed by atoms with Gasteiger partial charge in [0.05, 0.1) is 5.56 Å². The van der Waals surface area contributed by atoms with E-state index < -0.39 is 0 Å². The summed E-state index contributed by atoms with van der Waals surface area (Å²) in [4.78, 5) is 12.4. The zero-order valence-electron chi connectivity index (χ0n) is 11.4. The molecule has 0 radical (unpaired) electrons. The van der Waals surface area contributed by atoms with Crippen LogP contribution in [0.3, 0.4) is 0 Å². The Labute approximate surface area is 128 Å². The van der Waals surface area contributed by atoms with Crippen LogP contribution in [0.4, 0.5) is 0 Å². The van der Waals surface area contributed by atoms with Crippen molar-refractivity contribution < 1.29 is 9.53 Å². The fourth-order valence-corrected chi connectivity index (χ4v) is 5.33. The van der Waals surface area contributed by atoms with E-state index in [1.54, 1.807) is 0 Å². The lowest BCUT2D eigenvalue weighted by atomic mass is 9.55.